The minimum Gasteiger partial charge on any atom is -0.444 e. The van der Waals surface area contributed by atoms with E-state index in [-0.39, 0.29) is 6.61 Å². The standard InChI is InChI=1S/C12H23NO3/c1-5-6-9-7-12(9,8-14)13-10(15)16-11(2,3)4/h9,14H,5-8H2,1-4H3,(H,13,15)/t9-,12-/m0/s1. The van der Waals surface area contributed by atoms with Crippen LogP contribution in [0.2, 0.25) is 0 Å². The summed E-state index contributed by atoms with van der Waals surface area (Å²) in [5.41, 5.74) is -0.909. The van der Waals surface area contributed by atoms with E-state index < -0.39 is 17.2 Å². The second-order valence-corrected chi connectivity index (χ2v) is 5.63. The Labute approximate surface area is 97.4 Å². The molecule has 0 aromatic rings. The van der Waals surface area contributed by atoms with Crippen LogP contribution in [0.25, 0.3) is 0 Å². The summed E-state index contributed by atoms with van der Waals surface area (Å²) in [6.07, 6.45) is 2.54. The zero-order chi connectivity index (χ0) is 12.4. The topological polar surface area (TPSA) is 58.6 Å². The van der Waals surface area contributed by atoms with Crippen LogP contribution in [0.3, 0.4) is 0 Å². The van der Waals surface area contributed by atoms with Crippen molar-refractivity contribution in [1.29, 1.82) is 0 Å². The zero-order valence-corrected chi connectivity index (χ0v) is 10.7. The summed E-state index contributed by atoms with van der Waals surface area (Å²) in [6.45, 7) is 7.59. The number of aliphatic hydroxyl groups is 1. The van der Waals surface area contributed by atoms with Crippen molar-refractivity contribution >= 4 is 6.09 Å². The van der Waals surface area contributed by atoms with Crippen LogP contribution in [-0.2, 0) is 4.74 Å². The number of rotatable bonds is 4. The lowest BCUT2D eigenvalue weighted by Crippen LogP contribution is -2.44. The maximum absolute atomic E-state index is 11.6. The van der Waals surface area contributed by atoms with E-state index in [4.69, 9.17) is 4.74 Å². The molecule has 1 amide bonds. The third-order valence-electron chi connectivity index (χ3n) is 2.90. The van der Waals surface area contributed by atoms with E-state index >= 15 is 0 Å². The van der Waals surface area contributed by atoms with E-state index in [9.17, 15) is 9.90 Å². The molecule has 2 N–H and O–H groups in total. The zero-order valence-electron chi connectivity index (χ0n) is 10.7. The lowest BCUT2D eigenvalue weighted by Gasteiger charge is -2.23. The van der Waals surface area contributed by atoms with Crippen molar-refractivity contribution in [1.82, 2.24) is 5.32 Å². The number of hydrogen-bond donors (Lipinski definition) is 2. The molecular weight excluding hydrogens is 206 g/mol. The molecule has 0 radical (unpaired) electrons. The molecule has 0 aromatic heterocycles. The molecule has 16 heavy (non-hydrogen) atoms. The molecule has 1 aliphatic carbocycles. The summed E-state index contributed by atoms with van der Waals surface area (Å²) in [4.78, 5) is 11.6. The van der Waals surface area contributed by atoms with Crippen molar-refractivity contribution in [3.63, 3.8) is 0 Å². The van der Waals surface area contributed by atoms with Gasteiger partial charge in [0.1, 0.15) is 5.60 Å². The van der Waals surface area contributed by atoms with E-state index in [2.05, 4.69) is 12.2 Å². The van der Waals surface area contributed by atoms with Gasteiger partial charge in [0, 0.05) is 0 Å². The molecule has 0 unspecified atom stereocenters. The fourth-order valence-electron chi connectivity index (χ4n) is 2.00. The summed E-state index contributed by atoms with van der Waals surface area (Å²) in [6, 6.07) is 0. The van der Waals surface area contributed by atoms with E-state index in [0.717, 1.165) is 19.3 Å². The normalized spacial score (nSPS) is 28.7. The molecule has 4 nitrogen and oxygen atoms in total. The average Bonchev–Trinajstić information content (AvgIpc) is 2.76. The molecule has 0 aromatic carbocycles. The molecule has 1 rings (SSSR count). The fraction of sp³-hybridized carbons (Fsp3) is 0.917. The first-order chi connectivity index (χ1) is 7.33. The Kier molecular flexibility index (Phi) is 3.84. The van der Waals surface area contributed by atoms with Gasteiger partial charge in [-0.05, 0) is 39.5 Å². The molecule has 0 saturated heterocycles. The van der Waals surface area contributed by atoms with Crippen LogP contribution >= 0.6 is 0 Å². The summed E-state index contributed by atoms with van der Waals surface area (Å²) in [5, 5.41) is 12.1. The van der Waals surface area contributed by atoms with E-state index in [1.807, 2.05) is 20.8 Å². The van der Waals surface area contributed by atoms with Gasteiger partial charge in [0.2, 0.25) is 0 Å². The molecule has 0 aliphatic heterocycles. The Balaban J connectivity index is 2.44. The quantitative estimate of drug-likeness (QED) is 0.775. The van der Waals surface area contributed by atoms with Crippen LogP contribution in [0.5, 0.6) is 0 Å². The van der Waals surface area contributed by atoms with Gasteiger partial charge in [-0.2, -0.15) is 0 Å². The molecule has 4 heteroatoms. The van der Waals surface area contributed by atoms with Crippen LogP contribution in [0.1, 0.15) is 47.0 Å². The summed E-state index contributed by atoms with van der Waals surface area (Å²) in [7, 11) is 0. The van der Waals surface area contributed by atoms with Crippen molar-refractivity contribution < 1.29 is 14.6 Å². The summed E-state index contributed by atoms with van der Waals surface area (Å²) >= 11 is 0. The minimum absolute atomic E-state index is 0.00307. The average molecular weight is 229 g/mol. The Morgan fingerprint density at radius 2 is 2.19 bits per heavy atom. The largest absolute Gasteiger partial charge is 0.444 e. The summed E-state index contributed by atoms with van der Waals surface area (Å²) < 4.78 is 5.18. The van der Waals surface area contributed by atoms with E-state index in [1.54, 1.807) is 0 Å². The Morgan fingerprint density at radius 1 is 1.56 bits per heavy atom. The number of alkyl carbamates (subject to hydrolysis) is 1. The molecule has 1 fully saturated rings. The number of hydrogen-bond acceptors (Lipinski definition) is 3. The maximum Gasteiger partial charge on any atom is 0.408 e. The minimum atomic E-state index is -0.490. The highest BCUT2D eigenvalue weighted by atomic mass is 16.6. The first-order valence-electron chi connectivity index (χ1n) is 5.95. The number of carbonyl (C=O) groups excluding carboxylic acids is 1. The molecule has 0 bridgehead atoms. The predicted octanol–water partition coefficient (Wildman–Crippen LogP) is 2.06. The molecular formula is C12H23NO3. The van der Waals surface area contributed by atoms with Crippen LogP contribution in [0.4, 0.5) is 4.79 Å². The third-order valence-corrected chi connectivity index (χ3v) is 2.90. The van der Waals surface area contributed by atoms with Gasteiger partial charge < -0.3 is 15.2 Å². The fourth-order valence-corrected chi connectivity index (χ4v) is 2.00. The van der Waals surface area contributed by atoms with Gasteiger partial charge in [-0.1, -0.05) is 13.3 Å². The number of amides is 1. The van der Waals surface area contributed by atoms with Gasteiger partial charge in [-0.3, -0.25) is 0 Å². The van der Waals surface area contributed by atoms with E-state index in [1.165, 1.54) is 0 Å². The van der Waals surface area contributed by atoms with Crippen LogP contribution in [0.15, 0.2) is 0 Å². The van der Waals surface area contributed by atoms with Gasteiger partial charge in [0.15, 0.2) is 0 Å². The van der Waals surface area contributed by atoms with Crippen molar-refractivity contribution in [3.05, 3.63) is 0 Å². The second-order valence-electron chi connectivity index (χ2n) is 5.63. The summed E-state index contributed by atoms with van der Waals surface area (Å²) in [5.74, 6) is 0.398. The van der Waals surface area contributed by atoms with Crippen molar-refractivity contribution in [2.24, 2.45) is 5.92 Å². The van der Waals surface area contributed by atoms with E-state index in [0.29, 0.717) is 5.92 Å². The number of nitrogens with one attached hydrogen (secondary N) is 1. The number of aliphatic hydroxyl groups excluding tert-OH is 1. The lowest BCUT2D eigenvalue weighted by atomic mass is 10.1. The van der Waals surface area contributed by atoms with Gasteiger partial charge in [0.25, 0.3) is 0 Å². The van der Waals surface area contributed by atoms with Crippen molar-refractivity contribution in [2.75, 3.05) is 6.61 Å². The van der Waals surface area contributed by atoms with Gasteiger partial charge >= 0.3 is 6.09 Å². The molecule has 94 valence electrons. The smallest absolute Gasteiger partial charge is 0.408 e. The Hall–Kier alpha value is -0.770. The van der Waals surface area contributed by atoms with Gasteiger partial charge in [-0.15, -0.1) is 0 Å². The molecule has 0 heterocycles. The SMILES string of the molecule is CCC[C@H]1C[C@@]1(CO)NC(=O)OC(C)(C)C. The highest BCUT2D eigenvalue weighted by molar-refractivity contribution is 5.69. The maximum atomic E-state index is 11.6. The van der Waals surface area contributed by atoms with Gasteiger partial charge in [0.05, 0.1) is 12.1 Å². The highest BCUT2D eigenvalue weighted by Gasteiger charge is 2.54. The first-order valence-corrected chi connectivity index (χ1v) is 5.95. The first kappa shape index (κ1) is 13.3. The third kappa shape index (κ3) is 3.37. The van der Waals surface area contributed by atoms with Crippen LogP contribution < -0.4 is 5.32 Å². The Morgan fingerprint density at radius 3 is 2.62 bits per heavy atom. The number of ether oxygens (including phenoxy) is 1. The molecule has 1 aliphatic rings. The molecule has 1 saturated carbocycles. The Bertz CT molecular complexity index is 259. The van der Waals surface area contributed by atoms with Gasteiger partial charge in [-0.25, -0.2) is 4.79 Å². The predicted molar refractivity (Wildman–Crippen MR) is 62.2 cm³/mol. The van der Waals surface area contributed by atoms with Crippen molar-refractivity contribution in [3.8, 4) is 0 Å². The highest BCUT2D eigenvalue weighted by Crippen LogP contribution is 2.46. The van der Waals surface area contributed by atoms with Crippen molar-refractivity contribution in [2.45, 2.75) is 58.1 Å². The van der Waals surface area contributed by atoms with Crippen LogP contribution in [-0.4, -0.2) is 28.9 Å². The monoisotopic (exact) mass is 229 g/mol. The number of carbonyl (C=O) groups is 1. The molecule has 0 spiro atoms. The lowest BCUT2D eigenvalue weighted by molar-refractivity contribution is 0.0461. The van der Waals surface area contributed by atoms with Crippen LogP contribution in [0, 0.1) is 5.92 Å². The molecule has 2 atom stereocenters. The second kappa shape index (κ2) is 4.62.